The quantitative estimate of drug-likeness (QED) is 0.0561. The van der Waals surface area contributed by atoms with Crippen molar-refractivity contribution in [1.29, 1.82) is 0 Å². The second-order valence-electron chi connectivity index (χ2n) is 22.6. The number of nitrogens with zero attached hydrogens (tertiary/aromatic N) is 2. The lowest BCUT2D eigenvalue weighted by Crippen LogP contribution is -2.31. The van der Waals surface area contributed by atoms with Gasteiger partial charge in [0, 0.05) is 19.1 Å². The molecule has 2 fully saturated rings. The van der Waals surface area contributed by atoms with E-state index < -0.39 is 0 Å². The standard InChI is InChI=1S/C61H122N2.CH4/c1-4-5-6-7-8-9-10-11-12-13-14-15-16-17-18-19-20-21-22-23-24-25-26-27-28-29-30-31-32-33-34-35-36-37-38-39-40-41-42-43-44-45-46-47-48-49-50-51-52-53-54-55-56-63(3)61-59-57-62(2)58-60(59)61;/h59-61H,4-58H2,1-3H3;1H4/t59-,60+,61?;. The molecule has 2 heteroatoms. The highest BCUT2D eigenvalue weighted by molar-refractivity contribution is 5.09. The van der Waals surface area contributed by atoms with Gasteiger partial charge in [-0.25, -0.2) is 0 Å². The molecule has 2 rings (SSSR count). The monoisotopic (exact) mass is 899 g/mol. The van der Waals surface area contributed by atoms with E-state index in [1.54, 1.807) is 0 Å². The highest BCUT2D eigenvalue weighted by Crippen LogP contribution is 2.48. The van der Waals surface area contributed by atoms with Gasteiger partial charge in [0.15, 0.2) is 0 Å². The second-order valence-corrected chi connectivity index (χ2v) is 22.6. The molecule has 1 aliphatic heterocycles. The molecule has 64 heavy (non-hydrogen) atoms. The zero-order chi connectivity index (χ0) is 44.8. The van der Waals surface area contributed by atoms with Gasteiger partial charge in [-0.05, 0) is 38.9 Å². The lowest BCUT2D eigenvalue weighted by molar-refractivity contribution is 0.244. The van der Waals surface area contributed by atoms with Crippen LogP contribution in [0, 0.1) is 11.8 Å². The first-order valence-corrected chi connectivity index (χ1v) is 30.6. The molecule has 1 heterocycles. The third-order valence-corrected chi connectivity index (χ3v) is 16.2. The molecule has 1 unspecified atom stereocenters. The van der Waals surface area contributed by atoms with Gasteiger partial charge in [-0.3, -0.25) is 0 Å². The van der Waals surface area contributed by atoms with Gasteiger partial charge in [-0.2, -0.15) is 0 Å². The Balaban J connectivity index is 0.0000205. The van der Waals surface area contributed by atoms with Gasteiger partial charge in [-0.1, -0.05) is 342 Å². The minimum Gasteiger partial charge on any atom is -0.306 e. The number of hydrogen-bond donors (Lipinski definition) is 0. The zero-order valence-corrected chi connectivity index (χ0v) is 44.5. The van der Waals surface area contributed by atoms with Crippen LogP contribution in [0.5, 0.6) is 0 Å². The maximum atomic E-state index is 2.69. The van der Waals surface area contributed by atoms with Crippen LogP contribution < -0.4 is 0 Å². The first-order valence-electron chi connectivity index (χ1n) is 30.6. The van der Waals surface area contributed by atoms with Crippen LogP contribution in [0.4, 0.5) is 0 Å². The normalized spacial score (nSPS) is 17.2. The number of hydrogen-bond acceptors (Lipinski definition) is 2. The third-order valence-electron chi connectivity index (χ3n) is 16.2. The smallest absolute Gasteiger partial charge is 0.0181 e. The van der Waals surface area contributed by atoms with Crippen LogP contribution in [-0.2, 0) is 0 Å². The molecule has 3 atom stereocenters. The van der Waals surface area contributed by atoms with Crippen LogP contribution in [0.25, 0.3) is 0 Å². The summed E-state index contributed by atoms with van der Waals surface area (Å²) < 4.78 is 0. The van der Waals surface area contributed by atoms with E-state index in [4.69, 9.17) is 0 Å². The highest BCUT2D eigenvalue weighted by Gasteiger charge is 2.56. The van der Waals surface area contributed by atoms with Crippen LogP contribution in [0.1, 0.15) is 348 Å². The van der Waals surface area contributed by atoms with E-state index in [1.807, 2.05) is 0 Å². The summed E-state index contributed by atoms with van der Waals surface area (Å²) in [6.45, 7) is 6.34. The third kappa shape index (κ3) is 39.9. The van der Waals surface area contributed by atoms with E-state index in [0.717, 1.165) is 17.9 Å². The average molecular weight is 900 g/mol. The highest BCUT2D eigenvalue weighted by atomic mass is 15.3. The van der Waals surface area contributed by atoms with Crippen LogP contribution in [0.2, 0.25) is 0 Å². The molecule has 0 aromatic carbocycles. The van der Waals surface area contributed by atoms with Gasteiger partial charge in [0.1, 0.15) is 0 Å². The van der Waals surface area contributed by atoms with Gasteiger partial charge in [0.05, 0.1) is 0 Å². The largest absolute Gasteiger partial charge is 0.306 e. The van der Waals surface area contributed by atoms with Crippen molar-refractivity contribution in [2.75, 3.05) is 33.7 Å². The summed E-state index contributed by atoms with van der Waals surface area (Å²) in [7, 11) is 4.68. The van der Waals surface area contributed by atoms with E-state index >= 15 is 0 Å². The van der Waals surface area contributed by atoms with Crippen molar-refractivity contribution in [3.8, 4) is 0 Å². The Labute approximate surface area is 408 Å². The van der Waals surface area contributed by atoms with Gasteiger partial charge in [-0.15, -0.1) is 0 Å². The van der Waals surface area contributed by atoms with E-state index in [-0.39, 0.29) is 7.43 Å². The number of likely N-dealkylation sites (tertiary alicyclic amines) is 1. The van der Waals surface area contributed by atoms with Crippen molar-refractivity contribution in [1.82, 2.24) is 9.80 Å². The minimum atomic E-state index is 0. The molecule has 0 amide bonds. The molecule has 0 N–H and O–H groups in total. The Hall–Kier alpha value is -0.0800. The second kappa shape index (κ2) is 49.3. The van der Waals surface area contributed by atoms with Crippen molar-refractivity contribution < 1.29 is 0 Å². The van der Waals surface area contributed by atoms with Crippen LogP contribution >= 0.6 is 0 Å². The number of rotatable bonds is 54. The fraction of sp³-hybridized carbons (Fsp3) is 1.00. The molecule has 2 nitrogen and oxygen atoms in total. The summed E-state index contributed by atoms with van der Waals surface area (Å²) in [5, 5.41) is 0. The Morgan fingerprint density at radius 3 is 0.609 bits per heavy atom. The van der Waals surface area contributed by atoms with Crippen molar-refractivity contribution in [2.45, 2.75) is 354 Å². The van der Waals surface area contributed by atoms with E-state index in [2.05, 4.69) is 30.8 Å². The Kier molecular flexibility index (Phi) is 47.8. The number of fused-ring (bicyclic) bond motifs is 1. The summed E-state index contributed by atoms with van der Waals surface area (Å²) in [5.74, 6) is 1.99. The van der Waals surface area contributed by atoms with E-state index in [9.17, 15) is 0 Å². The molecule has 0 spiro atoms. The Bertz CT molecular complexity index is 859. The van der Waals surface area contributed by atoms with Crippen molar-refractivity contribution in [3.63, 3.8) is 0 Å². The minimum absolute atomic E-state index is 0. The molecular weight excluding hydrogens is 773 g/mol. The SMILES string of the molecule is C.CCCCCCCCCCCCCCCCCCCCCCCCCCCCCCCCCCCCCCCCCCCCCCCCCCCCCCN(C)C1[C@H]2CN(C)C[C@@H]12. The summed E-state index contributed by atoms with van der Waals surface area (Å²) in [6, 6.07) is 0.924. The molecule has 384 valence electrons. The molecule has 0 aromatic rings. The lowest BCUT2D eigenvalue weighted by atomic mass is 10.0. The zero-order valence-electron chi connectivity index (χ0n) is 44.5. The first-order chi connectivity index (χ1) is 31.2. The molecule has 1 aliphatic carbocycles. The molecule has 2 aliphatic rings. The maximum absolute atomic E-state index is 2.69. The van der Waals surface area contributed by atoms with Crippen molar-refractivity contribution >= 4 is 0 Å². The van der Waals surface area contributed by atoms with Gasteiger partial charge in [0.25, 0.3) is 0 Å². The van der Waals surface area contributed by atoms with Crippen molar-refractivity contribution in [2.24, 2.45) is 11.8 Å². The Morgan fingerprint density at radius 1 is 0.281 bits per heavy atom. The number of unbranched alkanes of at least 4 members (excludes halogenated alkanes) is 51. The molecule has 0 bridgehead atoms. The molecular formula is C62H126N2. The van der Waals surface area contributed by atoms with Crippen LogP contribution in [0.15, 0.2) is 0 Å². The van der Waals surface area contributed by atoms with E-state index in [0.29, 0.717) is 0 Å². The molecule has 1 saturated heterocycles. The van der Waals surface area contributed by atoms with Crippen LogP contribution in [0.3, 0.4) is 0 Å². The topological polar surface area (TPSA) is 6.48 Å². The van der Waals surface area contributed by atoms with Gasteiger partial charge < -0.3 is 9.80 Å². The maximum Gasteiger partial charge on any atom is 0.0181 e. The molecule has 0 radical (unpaired) electrons. The summed E-state index contributed by atoms with van der Waals surface area (Å²) in [6.07, 6.45) is 77.4. The number of piperidine rings is 1. The van der Waals surface area contributed by atoms with Gasteiger partial charge >= 0.3 is 0 Å². The van der Waals surface area contributed by atoms with Crippen LogP contribution in [-0.4, -0.2) is 49.6 Å². The first kappa shape index (κ1) is 61.9. The predicted molar refractivity (Wildman–Crippen MR) is 293 cm³/mol. The summed E-state index contributed by atoms with van der Waals surface area (Å²) in [4.78, 5) is 5.21. The lowest BCUT2D eigenvalue weighted by Gasteiger charge is -2.21. The summed E-state index contributed by atoms with van der Waals surface area (Å²) >= 11 is 0. The molecule has 1 saturated carbocycles. The van der Waals surface area contributed by atoms with Gasteiger partial charge in [0.2, 0.25) is 0 Å². The Morgan fingerprint density at radius 2 is 0.438 bits per heavy atom. The molecule has 0 aromatic heterocycles. The predicted octanol–water partition coefficient (Wildman–Crippen LogP) is 21.4. The average Bonchev–Trinajstić information content (AvgIpc) is 3.81. The van der Waals surface area contributed by atoms with E-state index in [1.165, 1.54) is 354 Å². The fourth-order valence-electron chi connectivity index (χ4n) is 11.8. The summed E-state index contributed by atoms with van der Waals surface area (Å²) in [5.41, 5.74) is 0. The van der Waals surface area contributed by atoms with Crippen molar-refractivity contribution in [3.05, 3.63) is 0 Å². The fourth-order valence-corrected chi connectivity index (χ4v) is 11.8.